The maximum atomic E-state index is 11.0. The molecule has 158 valence electrons. The Morgan fingerprint density at radius 2 is 2.17 bits per heavy atom. The molecule has 0 radical (unpaired) electrons. The number of hydrogen-bond acceptors (Lipinski definition) is 5. The number of nitrogens with zero attached hydrogens (tertiary/aromatic N) is 1. The molecule has 5 heteroatoms. The van der Waals surface area contributed by atoms with Crippen molar-refractivity contribution >= 4 is 0 Å². The Morgan fingerprint density at radius 3 is 2.93 bits per heavy atom. The predicted molar refractivity (Wildman–Crippen MR) is 112 cm³/mol. The monoisotopic (exact) mass is 407 g/mol. The predicted octanol–water partition coefficient (Wildman–Crippen LogP) is 3.77. The molecule has 1 aromatic carbocycles. The Labute approximate surface area is 177 Å². The number of furan rings is 1. The summed E-state index contributed by atoms with van der Waals surface area (Å²) in [6.07, 6.45) is 9.86. The van der Waals surface area contributed by atoms with Crippen molar-refractivity contribution in [2.75, 3.05) is 20.2 Å². The van der Waals surface area contributed by atoms with Crippen molar-refractivity contribution in [3.8, 4) is 22.6 Å². The molecule has 3 heterocycles. The van der Waals surface area contributed by atoms with Crippen LogP contribution in [0.1, 0.15) is 43.2 Å². The minimum Gasteiger partial charge on any atom is -0.493 e. The van der Waals surface area contributed by atoms with Crippen molar-refractivity contribution < 1.29 is 19.0 Å². The van der Waals surface area contributed by atoms with E-state index in [2.05, 4.69) is 11.0 Å². The highest BCUT2D eigenvalue weighted by molar-refractivity contribution is 5.76. The van der Waals surface area contributed by atoms with Gasteiger partial charge in [0, 0.05) is 29.1 Å². The first-order valence-electron chi connectivity index (χ1n) is 11.6. The van der Waals surface area contributed by atoms with E-state index in [0.717, 1.165) is 55.2 Å². The summed E-state index contributed by atoms with van der Waals surface area (Å²) in [4.78, 5) is 2.78. The first-order chi connectivity index (χ1) is 14.7. The summed E-state index contributed by atoms with van der Waals surface area (Å²) < 4.78 is 17.9. The fraction of sp³-hybridized carbons (Fsp3) is 0.600. The van der Waals surface area contributed by atoms with Gasteiger partial charge in [-0.2, -0.15) is 0 Å². The van der Waals surface area contributed by atoms with Crippen LogP contribution in [0.5, 0.6) is 11.5 Å². The fourth-order valence-corrected chi connectivity index (χ4v) is 7.36. The van der Waals surface area contributed by atoms with E-state index in [9.17, 15) is 5.11 Å². The Balaban J connectivity index is 1.47. The number of methoxy groups -OCH3 is 1. The van der Waals surface area contributed by atoms with Crippen LogP contribution in [-0.4, -0.2) is 48.5 Å². The van der Waals surface area contributed by atoms with Crippen LogP contribution >= 0.6 is 0 Å². The molecule has 2 aromatic rings. The number of likely N-dealkylation sites (tertiary alicyclic amines) is 1. The van der Waals surface area contributed by atoms with Crippen LogP contribution in [0.4, 0.5) is 0 Å². The molecular formula is C25H29NO4. The topological polar surface area (TPSA) is 55.1 Å². The van der Waals surface area contributed by atoms with Gasteiger partial charge in [-0.15, -0.1) is 0 Å². The average Bonchev–Trinajstić information content (AvgIpc) is 3.27. The highest BCUT2D eigenvalue weighted by atomic mass is 16.5. The molecule has 2 bridgehead atoms. The quantitative estimate of drug-likeness (QED) is 0.836. The number of aliphatic hydroxyl groups is 1. The Kier molecular flexibility index (Phi) is 3.56. The number of aliphatic hydroxyl groups excluding tert-OH is 1. The van der Waals surface area contributed by atoms with Crippen molar-refractivity contribution in [1.29, 1.82) is 0 Å². The van der Waals surface area contributed by atoms with Gasteiger partial charge in [0.15, 0.2) is 11.5 Å². The van der Waals surface area contributed by atoms with Gasteiger partial charge in [-0.1, -0.05) is 0 Å². The van der Waals surface area contributed by atoms with E-state index in [-0.39, 0.29) is 11.5 Å². The zero-order valence-corrected chi connectivity index (χ0v) is 17.5. The fourth-order valence-electron chi connectivity index (χ4n) is 7.36. The SMILES string of the molecule is COc1cc(-c2ccoc2)c2c3c1O[C@@H]1C(O)CC[C@@H]4[C@H](C2)N(CC2CC2)CC[C@@]314. The first-order valence-corrected chi connectivity index (χ1v) is 11.6. The van der Waals surface area contributed by atoms with Crippen LogP contribution in [0, 0.1) is 11.8 Å². The van der Waals surface area contributed by atoms with Gasteiger partial charge in [0.25, 0.3) is 0 Å². The second-order valence-electron chi connectivity index (χ2n) is 10.1. The van der Waals surface area contributed by atoms with Crippen LogP contribution in [0.3, 0.4) is 0 Å². The molecular weight excluding hydrogens is 378 g/mol. The minimum atomic E-state index is -0.405. The lowest BCUT2D eigenvalue weighted by molar-refractivity contribution is -0.104. The summed E-state index contributed by atoms with van der Waals surface area (Å²) in [5, 5.41) is 11.0. The lowest BCUT2D eigenvalue weighted by Gasteiger charge is -2.59. The number of rotatable bonds is 4. The van der Waals surface area contributed by atoms with Gasteiger partial charge in [-0.25, -0.2) is 0 Å². The second-order valence-corrected chi connectivity index (χ2v) is 10.1. The molecule has 30 heavy (non-hydrogen) atoms. The van der Waals surface area contributed by atoms with Crippen molar-refractivity contribution in [1.82, 2.24) is 4.90 Å². The summed E-state index contributed by atoms with van der Waals surface area (Å²) in [5.74, 6) is 3.13. The Bertz CT molecular complexity index is 997. The van der Waals surface area contributed by atoms with Crippen molar-refractivity contribution in [2.45, 2.75) is 62.2 Å². The van der Waals surface area contributed by atoms with Gasteiger partial charge >= 0.3 is 0 Å². The Hall–Kier alpha value is -1.98. The number of piperidine rings is 1. The van der Waals surface area contributed by atoms with Gasteiger partial charge in [-0.05, 0) is 80.2 Å². The third kappa shape index (κ3) is 2.15. The molecule has 2 aliphatic heterocycles. The van der Waals surface area contributed by atoms with Gasteiger partial charge in [0.1, 0.15) is 6.10 Å². The smallest absolute Gasteiger partial charge is 0.165 e. The van der Waals surface area contributed by atoms with Crippen LogP contribution < -0.4 is 9.47 Å². The van der Waals surface area contributed by atoms with Gasteiger partial charge in [-0.3, -0.25) is 4.90 Å². The lowest BCUT2D eigenvalue weighted by atomic mass is 9.51. The number of ether oxygens (including phenoxy) is 2. The van der Waals surface area contributed by atoms with Crippen LogP contribution in [0.15, 0.2) is 29.1 Å². The normalized spacial score (nSPS) is 36.3. The molecule has 5 nitrogen and oxygen atoms in total. The minimum absolute atomic E-state index is 0.0850. The van der Waals surface area contributed by atoms with Gasteiger partial charge < -0.3 is 19.0 Å². The second kappa shape index (κ2) is 6.04. The summed E-state index contributed by atoms with van der Waals surface area (Å²) in [7, 11) is 1.72. The van der Waals surface area contributed by atoms with Crippen molar-refractivity contribution in [3.05, 3.63) is 35.8 Å². The van der Waals surface area contributed by atoms with E-state index >= 15 is 0 Å². The molecule has 5 aliphatic rings. The summed E-state index contributed by atoms with van der Waals surface area (Å²) >= 11 is 0. The molecule has 5 atom stereocenters. The number of benzene rings is 1. The van der Waals surface area contributed by atoms with E-state index in [0.29, 0.717) is 12.0 Å². The first kappa shape index (κ1) is 17.7. The highest BCUT2D eigenvalue weighted by Crippen LogP contribution is 2.65. The number of hydrogen-bond donors (Lipinski definition) is 1. The summed E-state index contributed by atoms with van der Waals surface area (Å²) in [5.41, 5.74) is 4.96. The van der Waals surface area contributed by atoms with Crippen molar-refractivity contribution in [3.63, 3.8) is 0 Å². The molecule has 0 amide bonds. The molecule has 2 saturated carbocycles. The van der Waals surface area contributed by atoms with E-state index < -0.39 is 6.10 Å². The lowest BCUT2D eigenvalue weighted by Crippen LogP contribution is -2.67. The highest BCUT2D eigenvalue weighted by Gasteiger charge is 2.66. The van der Waals surface area contributed by atoms with E-state index in [4.69, 9.17) is 13.9 Å². The zero-order valence-electron chi connectivity index (χ0n) is 17.5. The molecule has 1 N–H and O–H groups in total. The van der Waals surface area contributed by atoms with E-state index in [1.54, 1.807) is 13.4 Å². The average molecular weight is 408 g/mol. The molecule has 1 spiro atoms. The largest absolute Gasteiger partial charge is 0.493 e. The summed E-state index contributed by atoms with van der Waals surface area (Å²) in [6, 6.07) is 4.71. The van der Waals surface area contributed by atoms with Gasteiger partial charge in [0.05, 0.1) is 25.7 Å². The summed E-state index contributed by atoms with van der Waals surface area (Å²) in [6.45, 7) is 2.35. The third-order valence-corrected chi connectivity index (χ3v) is 8.76. The van der Waals surface area contributed by atoms with Crippen molar-refractivity contribution in [2.24, 2.45) is 11.8 Å². The Morgan fingerprint density at radius 1 is 1.27 bits per heavy atom. The van der Waals surface area contributed by atoms with E-state index in [1.807, 2.05) is 12.3 Å². The molecule has 7 rings (SSSR count). The van der Waals surface area contributed by atoms with Crippen LogP contribution in [0.2, 0.25) is 0 Å². The maximum Gasteiger partial charge on any atom is 0.165 e. The van der Waals surface area contributed by atoms with Crippen LogP contribution in [0.25, 0.3) is 11.1 Å². The molecule has 1 saturated heterocycles. The zero-order chi connectivity index (χ0) is 20.0. The van der Waals surface area contributed by atoms with E-state index in [1.165, 1.54) is 36.1 Å². The maximum absolute atomic E-state index is 11.0. The third-order valence-electron chi connectivity index (χ3n) is 8.76. The standard InChI is InChI=1S/C25H29NO4/c1-28-21-11-16(15-6-9-29-13-15)17-10-19-18-4-5-20(27)24-25(18,22(17)23(21)30-24)7-8-26(19)12-14-2-3-14/h6,9,11,13-14,18-20,24,27H,2-5,7-8,10,12H2,1H3/t18-,19+,20?,24-,25-/m1/s1. The van der Waals surface area contributed by atoms with Gasteiger partial charge in [0.2, 0.25) is 0 Å². The molecule has 3 aliphatic carbocycles. The molecule has 1 aromatic heterocycles. The molecule has 3 fully saturated rings. The van der Waals surface area contributed by atoms with Crippen LogP contribution in [-0.2, 0) is 11.8 Å². The molecule has 1 unspecified atom stereocenters.